The third-order valence-corrected chi connectivity index (χ3v) is 4.57. The number of aliphatic carboxylic acids is 1. The lowest BCUT2D eigenvalue weighted by Gasteiger charge is -2.59. The monoisotopic (exact) mass is 224 g/mol. The van der Waals surface area contributed by atoms with Gasteiger partial charge in [-0.3, -0.25) is 0 Å². The Morgan fingerprint density at radius 2 is 1.88 bits per heavy atom. The number of carboxylic acids is 1. The Morgan fingerprint density at radius 1 is 1.38 bits per heavy atom. The van der Waals surface area contributed by atoms with E-state index >= 15 is 0 Å². The molecule has 3 aliphatic carbocycles. The van der Waals surface area contributed by atoms with E-state index in [1.165, 1.54) is 26.2 Å². The Morgan fingerprint density at radius 3 is 2.06 bits per heavy atom. The first-order chi connectivity index (χ1) is 7.26. The number of rotatable bonds is 1. The largest absolute Gasteiger partial charge is 0.478 e. The van der Waals surface area contributed by atoms with Crippen LogP contribution >= 0.6 is 0 Å². The van der Waals surface area contributed by atoms with Gasteiger partial charge >= 0.3 is 5.97 Å². The number of carboxylic acid groups (broad SMARTS) is 1. The number of hydrogen-bond donors (Lipinski definition) is 1. The lowest BCUT2D eigenvalue weighted by atomic mass is 9.46. The summed E-state index contributed by atoms with van der Waals surface area (Å²) in [6.07, 6.45) is 4.54. The maximum Gasteiger partial charge on any atom is 0.330 e. The quantitative estimate of drug-likeness (QED) is 0.689. The van der Waals surface area contributed by atoms with Gasteiger partial charge in [0.05, 0.1) is 0 Å². The Kier molecular flexibility index (Phi) is 3.82. The normalized spacial score (nSPS) is 34.1. The van der Waals surface area contributed by atoms with Crippen molar-refractivity contribution in [3.05, 3.63) is 12.2 Å². The summed E-state index contributed by atoms with van der Waals surface area (Å²) in [7, 11) is 0. The number of fused-ring (bicyclic) bond motifs is 2. The minimum Gasteiger partial charge on any atom is -0.478 e. The molecule has 1 N–H and O–H groups in total. The van der Waals surface area contributed by atoms with Crippen molar-refractivity contribution in [3.8, 4) is 0 Å². The molecule has 0 aromatic carbocycles. The molecule has 3 atom stereocenters. The lowest BCUT2D eigenvalue weighted by molar-refractivity contribution is -0.132. The molecule has 92 valence electrons. The van der Waals surface area contributed by atoms with Crippen LogP contribution in [-0.2, 0) is 4.79 Å². The second-order valence-corrected chi connectivity index (χ2v) is 6.00. The highest BCUT2D eigenvalue weighted by Crippen LogP contribution is 2.61. The highest BCUT2D eigenvalue weighted by Gasteiger charge is 2.52. The Labute approximate surface area is 98.7 Å². The second kappa shape index (κ2) is 4.60. The van der Waals surface area contributed by atoms with E-state index in [4.69, 9.17) is 5.11 Å². The first kappa shape index (κ1) is 13.3. The highest BCUT2D eigenvalue weighted by molar-refractivity contribution is 5.84. The van der Waals surface area contributed by atoms with Gasteiger partial charge < -0.3 is 5.11 Å². The molecule has 2 bridgehead atoms. The Hall–Kier alpha value is -0.790. The summed E-state index contributed by atoms with van der Waals surface area (Å²) in [4.78, 5) is 9.60. The Balaban J connectivity index is 0.000000187. The standard InChI is InChI=1S/C10H18.C4H6O2/c1-7-4-5-8-6-9(7)10(8,2)3;1-3(2)4(5)6/h7-9H,4-6H2,1-3H3;1H2,2H3,(H,5,6). The van der Waals surface area contributed by atoms with Gasteiger partial charge in [-0.1, -0.05) is 33.8 Å². The predicted molar refractivity (Wildman–Crippen MR) is 66.2 cm³/mol. The van der Waals surface area contributed by atoms with Crippen molar-refractivity contribution in [2.24, 2.45) is 23.2 Å². The van der Waals surface area contributed by atoms with Gasteiger partial charge in [0.25, 0.3) is 0 Å². The molecule has 0 radical (unpaired) electrons. The van der Waals surface area contributed by atoms with Crippen molar-refractivity contribution in [1.29, 1.82) is 0 Å². The van der Waals surface area contributed by atoms with Crippen LogP contribution in [0.25, 0.3) is 0 Å². The van der Waals surface area contributed by atoms with Crippen LogP contribution in [0.1, 0.15) is 47.0 Å². The SMILES string of the molecule is C=C(C)C(=O)O.CC1CCC2CC1C2(C)C. The molecule has 2 heteroatoms. The average molecular weight is 224 g/mol. The van der Waals surface area contributed by atoms with Crippen molar-refractivity contribution in [2.75, 3.05) is 0 Å². The molecular formula is C14H24O2. The summed E-state index contributed by atoms with van der Waals surface area (Å²) in [5.74, 6) is 2.22. The van der Waals surface area contributed by atoms with Crippen molar-refractivity contribution in [2.45, 2.75) is 47.0 Å². The summed E-state index contributed by atoms with van der Waals surface area (Å²) in [5.41, 5.74) is 0.882. The molecule has 0 aromatic rings. The number of hydrogen-bond acceptors (Lipinski definition) is 1. The highest BCUT2D eigenvalue weighted by atomic mass is 16.4. The molecule has 0 spiro atoms. The summed E-state index contributed by atoms with van der Waals surface area (Å²) < 4.78 is 0. The maximum absolute atomic E-state index is 9.60. The van der Waals surface area contributed by atoms with Crippen LogP contribution in [0.4, 0.5) is 0 Å². The molecule has 0 aliphatic heterocycles. The van der Waals surface area contributed by atoms with Crippen molar-refractivity contribution < 1.29 is 9.90 Å². The summed E-state index contributed by atoms with van der Waals surface area (Å²) in [6.45, 7) is 12.0. The molecular weight excluding hydrogens is 200 g/mol. The van der Waals surface area contributed by atoms with E-state index in [-0.39, 0.29) is 5.57 Å². The third-order valence-electron chi connectivity index (χ3n) is 4.57. The molecule has 3 saturated carbocycles. The fourth-order valence-electron chi connectivity index (χ4n) is 3.18. The van der Waals surface area contributed by atoms with Gasteiger partial charge in [0, 0.05) is 5.57 Å². The molecule has 3 unspecified atom stereocenters. The van der Waals surface area contributed by atoms with Crippen LogP contribution in [-0.4, -0.2) is 11.1 Å². The topological polar surface area (TPSA) is 37.3 Å². The van der Waals surface area contributed by atoms with Crippen LogP contribution < -0.4 is 0 Å². The summed E-state index contributed by atoms with van der Waals surface area (Å²) in [5, 5.41) is 7.89. The van der Waals surface area contributed by atoms with Crippen molar-refractivity contribution in [1.82, 2.24) is 0 Å². The smallest absolute Gasteiger partial charge is 0.330 e. The van der Waals surface area contributed by atoms with Gasteiger partial charge in [-0.25, -0.2) is 4.79 Å². The number of carbonyl (C=O) groups is 1. The zero-order chi connectivity index (χ0) is 12.5. The molecule has 0 heterocycles. The molecule has 3 aliphatic rings. The lowest BCUT2D eigenvalue weighted by Crippen LogP contribution is -2.51. The first-order valence-electron chi connectivity index (χ1n) is 6.15. The van der Waals surface area contributed by atoms with E-state index in [0.717, 1.165) is 17.8 Å². The van der Waals surface area contributed by atoms with E-state index in [1.54, 1.807) is 0 Å². The predicted octanol–water partition coefficient (Wildman–Crippen LogP) is 3.73. The van der Waals surface area contributed by atoms with Crippen LogP contribution in [0.15, 0.2) is 12.2 Å². The van der Waals surface area contributed by atoms with Crippen LogP contribution in [0.2, 0.25) is 0 Å². The zero-order valence-electron chi connectivity index (χ0n) is 10.9. The molecule has 16 heavy (non-hydrogen) atoms. The molecule has 0 amide bonds. The minimum atomic E-state index is -0.935. The van der Waals surface area contributed by atoms with Crippen molar-refractivity contribution >= 4 is 5.97 Å². The summed E-state index contributed by atoms with van der Waals surface area (Å²) in [6, 6.07) is 0. The second-order valence-electron chi connectivity index (χ2n) is 6.00. The Bertz CT molecular complexity index is 277. The van der Waals surface area contributed by atoms with E-state index < -0.39 is 5.97 Å². The molecule has 0 saturated heterocycles. The minimum absolute atomic E-state index is 0.176. The van der Waals surface area contributed by atoms with Crippen molar-refractivity contribution in [3.63, 3.8) is 0 Å². The zero-order valence-corrected chi connectivity index (χ0v) is 10.9. The third kappa shape index (κ3) is 2.47. The van der Waals surface area contributed by atoms with Gasteiger partial charge in [-0.2, -0.15) is 0 Å². The van der Waals surface area contributed by atoms with Gasteiger partial charge in [0.2, 0.25) is 0 Å². The van der Waals surface area contributed by atoms with Crippen LogP contribution in [0, 0.1) is 23.2 Å². The van der Waals surface area contributed by atoms with E-state index in [1.807, 2.05) is 0 Å². The first-order valence-corrected chi connectivity index (χ1v) is 6.15. The van der Waals surface area contributed by atoms with Gasteiger partial charge in [-0.15, -0.1) is 0 Å². The molecule has 2 nitrogen and oxygen atoms in total. The molecule has 3 fully saturated rings. The van der Waals surface area contributed by atoms with Crippen LogP contribution in [0.3, 0.4) is 0 Å². The average Bonchev–Trinajstić information content (AvgIpc) is 2.17. The fourth-order valence-corrected chi connectivity index (χ4v) is 3.18. The van der Waals surface area contributed by atoms with Crippen LogP contribution in [0.5, 0.6) is 0 Å². The summed E-state index contributed by atoms with van der Waals surface area (Å²) >= 11 is 0. The fraction of sp³-hybridized carbons (Fsp3) is 0.786. The van der Waals surface area contributed by atoms with Gasteiger partial charge in [0.15, 0.2) is 0 Å². The van der Waals surface area contributed by atoms with Gasteiger partial charge in [0.1, 0.15) is 0 Å². The van der Waals surface area contributed by atoms with Gasteiger partial charge in [-0.05, 0) is 42.9 Å². The van der Waals surface area contributed by atoms with E-state index in [2.05, 4.69) is 27.4 Å². The van der Waals surface area contributed by atoms with E-state index in [9.17, 15) is 4.79 Å². The molecule has 0 aromatic heterocycles. The maximum atomic E-state index is 9.60. The molecule has 3 rings (SSSR count). The van der Waals surface area contributed by atoms with E-state index in [0.29, 0.717) is 5.41 Å².